The van der Waals surface area contributed by atoms with Crippen molar-refractivity contribution >= 4 is 17.0 Å². The average Bonchev–Trinajstić information content (AvgIpc) is 2.54. The monoisotopic (exact) mass is 304 g/mol. The molecule has 7 nitrogen and oxygen atoms in total. The van der Waals surface area contributed by atoms with E-state index in [2.05, 4.69) is 15.3 Å². The van der Waals surface area contributed by atoms with Gasteiger partial charge < -0.3 is 14.8 Å². The van der Waals surface area contributed by atoms with Gasteiger partial charge in [-0.25, -0.2) is 4.98 Å². The summed E-state index contributed by atoms with van der Waals surface area (Å²) in [6.45, 7) is 3.80. The Balaban J connectivity index is 1.93. The van der Waals surface area contributed by atoms with E-state index in [-0.39, 0.29) is 5.56 Å². The van der Waals surface area contributed by atoms with Crippen LogP contribution in [0.3, 0.4) is 0 Å². The molecule has 1 aliphatic rings. The third kappa shape index (κ3) is 2.89. The second-order valence-corrected chi connectivity index (χ2v) is 5.31. The third-order valence-electron chi connectivity index (χ3n) is 3.77. The first-order chi connectivity index (χ1) is 10.7. The number of hydrogen-bond acceptors (Lipinski definition) is 6. The summed E-state index contributed by atoms with van der Waals surface area (Å²) in [5.74, 6) is 0.866. The minimum Gasteiger partial charge on any atom is -0.488 e. The number of aryl methyl sites for hydroxylation is 1. The van der Waals surface area contributed by atoms with Crippen LogP contribution in [0, 0.1) is 0 Å². The lowest BCUT2D eigenvalue weighted by Gasteiger charge is -2.23. The van der Waals surface area contributed by atoms with E-state index in [1.54, 1.807) is 19.3 Å². The van der Waals surface area contributed by atoms with E-state index in [9.17, 15) is 4.79 Å². The van der Waals surface area contributed by atoms with Crippen molar-refractivity contribution in [1.29, 1.82) is 0 Å². The summed E-state index contributed by atoms with van der Waals surface area (Å²) < 4.78 is 12.2. The number of pyridine rings is 1. The molecule has 2 aromatic heterocycles. The standard InChI is InChI=1S/C15H20N4O3/c1-3-22-12-8-10-9-16-15(17-11-4-6-21-7-5-11)18-13(10)19(2)14(12)20/h8-9,11H,3-7H2,1-2H3,(H,16,17,18). The molecule has 3 heterocycles. The van der Waals surface area contributed by atoms with Gasteiger partial charge in [0.05, 0.1) is 6.61 Å². The molecular weight excluding hydrogens is 284 g/mol. The molecular formula is C15H20N4O3. The Bertz CT molecular complexity index is 723. The molecule has 1 saturated heterocycles. The number of rotatable bonds is 4. The van der Waals surface area contributed by atoms with E-state index in [1.807, 2.05) is 6.92 Å². The molecule has 0 aromatic carbocycles. The minimum absolute atomic E-state index is 0.190. The summed E-state index contributed by atoms with van der Waals surface area (Å²) in [5, 5.41) is 4.09. The van der Waals surface area contributed by atoms with Crippen LogP contribution in [-0.4, -0.2) is 40.4 Å². The van der Waals surface area contributed by atoms with E-state index in [0.29, 0.717) is 30.0 Å². The van der Waals surface area contributed by atoms with Crippen LogP contribution in [0.4, 0.5) is 5.95 Å². The second kappa shape index (κ2) is 6.31. The Hall–Kier alpha value is -2.15. The largest absolute Gasteiger partial charge is 0.488 e. The van der Waals surface area contributed by atoms with Crippen LogP contribution in [-0.2, 0) is 11.8 Å². The highest BCUT2D eigenvalue weighted by atomic mass is 16.5. The van der Waals surface area contributed by atoms with Crippen molar-refractivity contribution in [3.05, 3.63) is 22.6 Å². The molecule has 0 amide bonds. The number of fused-ring (bicyclic) bond motifs is 1. The molecule has 0 saturated carbocycles. The number of aromatic nitrogens is 3. The quantitative estimate of drug-likeness (QED) is 0.918. The van der Waals surface area contributed by atoms with Crippen molar-refractivity contribution in [1.82, 2.24) is 14.5 Å². The summed E-state index contributed by atoms with van der Waals surface area (Å²) in [7, 11) is 1.69. The Labute approximate surface area is 128 Å². The number of nitrogens with zero attached hydrogens (tertiary/aromatic N) is 3. The highest BCUT2D eigenvalue weighted by Gasteiger charge is 2.15. The maximum atomic E-state index is 12.2. The average molecular weight is 304 g/mol. The first kappa shape index (κ1) is 14.8. The maximum Gasteiger partial charge on any atom is 0.294 e. The van der Waals surface area contributed by atoms with Crippen LogP contribution in [0.15, 0.2) is 17.1 Å². The fourth-order valence-electron chi connectivity index (χ4n) is 2.57. The van der Waals surface area contributed by atoms with E-state index in [1.165, 1.54) is 4.57 Å². The SMILES string of the molecule is CCOc1cc2cnc(NC3CCOCC3)nc2n(C)c1=O. The first-order valence-electron chi connectivity index (χ1n) is 7.53. The third-order valence-corrected chi connectivity index (χ3v) is 3.77. The molecule has 22 heavy (non-hydrogen) atoms. The smallest absolute Gasteiger partial charge is 0.294 e. The van der Waals surface area contributed by atoms with E-state index in [4.69, 9.17) is 9.47 Å². The van der Waals surface area contributed by atoms with Crippen molar-refractivity contribution in [3.63, 3.8) is 0 Å². The van der Waals surface area contributed by atoms with Crippen molar-refractivity contribution in [3.8, 4) is 5.75 Å². The van der Waals surface area contributed by atoms with Gasteiger partial charge in [0.15, 0.2) is 5.75 Å². The highest BCUT2D eigenvalue weighted by Crippen LogP contribution is 2.17. The predicted molar refractivity (Wildman–Crippen MR) is 83.4 cm³/mol. The van der Waals surface area contributed by atoms with Crippen LogP contribution in [0.5, 0.6) is 5.75 Å². The first-order valence-corrected chi connectivity index (χ1v) is 7.53. The number of ether oxygens (including phenoxy) is 2. The number of nitrogens with one attached hydrogen (secondary N) is 1. The van der Waals surface area contributed by atoms with Gasteiger partial charge in [-0.05, 0) is 25.8 Å². The van der Waals surface area contributed by atoms with Gasteiger partial charge in [-0.15, -0.1) is 0 Å². The van der Waals surface area contributed by atoms with Crippen LogP contribution >= 0.6 is 0 Å². The van der Waals surface area contributed by atoms with Crippen LogP contribution < -0.4 is 15.6 Å². The molecule has 0 bridgehead atoms. The topological polar surface area (TPSA) is 78.3 Å². The normalized spacial score (nSPS) is 15.9. The molecule has 118 valence electrons. The van der Waals surface area contributed by atoms with Crippen molar-refractivity contribution in [2.75, 3.05) is 25.1 Å². The van der Waals surface area contributed by atoms with E-state index in [0.717, 1.165) is 31.4 Å². The zero-order chi connectivity index (χ0) is 15.5. The van der Waals surface area contributed by atoms with Crippen molar-refractivity contribution in [2.24, 2.45) is 7.05 Å². The van der Waals surface area contributed by atoms with Gasteiger partial charge in [-0.3, -0.25) is 9.36 Å². The lowest BCUT2D eigenvalue weighted by Crippen LogP contribution is -2.29. The zero-order valence-corrected chi connectivity index (χ0v) is 12.8. The number of hydrogen-bond donors (Lipinski definition) is 1. The van der Waals surface area contributed by atoms with Gasteiger partial charge >= 0.3 is 0 Å². The molecule has 3 rings (SSSR count). The van der Waals surface area contributed by atoms with Crippen molar-refractivity contribution in [2.45, 2.75) is 25.8 Å². The van der Waals surface area contributed by atoms with E-state index < -0.39 is 0 Å². The molecule has 0 spiro atoms. The molecule has 1 aliphatic heterocycles. The zero-order valence-electron chi connectivity index (χ0n) is 12.8. The van der Waals surface area contributed by atoms with Crippen LogP contribution in [0.1, 0.15) is 19.8 Å². The van der Waals surface area contributed by atoms with Crippen LogP contribution in [0.2, 0.25) is 0 Å². The fraction of sp³-hybridized carbons (Fsp3) is 0.533. The summed E-state index contributed by atoms with van der Waals surface area (Å²) in [6, 6.07) is 2.00. The Morgan fingerprint density at radius 1 is 1.45 bits per heavy atom. The molecule has 0 aliphatic carbocycles. The molecule has 1 fully saturated rings. The van der Waals surface area contributed by atoms with Gasteiger partial charge in [0, 0.05) is 37.9 Å². The van der Waals surface area contributed by atoms with E-state index >= 15 is 0 Å². The molecule has 2 aromatic rings. The van der Waals surface area contributed by atoms with Gasteiger partial charge in [-0.1, -0.05) is 0 Å². The van der Waals surface area contributed by atoms with Gasteiger partial charge in [0.2, 0.25) is 5.95 Å². The summed E-state index contributed by atoms with van der Waals surface area (Å²) in [5.41, 5.74) is 0.406. The summed E-state index contributed by atoms with van der Waals surface area (Å²) >= 11 is 0. The second-order valence-electron chi connectivity index (χ2n) is 5.31. The van der Waals surface area contributed by atoms with Gasteiger partial charge in [0.1, 0.15) is 5.65 Å². The molecule has 0 unspecified atom stereocenters. The molecule has 0 atom stereocenters. The van der Waals surface area contributed by atoms with Gasteiger partial charge in [0.25, 0.3) is 5.56 Å². The Morgan fingerprint density at radius 2 is 2.23 bits per heavy atom. The van der Waals surface area contributed by atoms with Crippen LogP contribution in [0.25, 0.3) is 11.0 Å². The molecule has 1 N–H and O–H groups in total. The van der Waals surface area contributed by atoms with Crippen molar-refractivity contribution < 1.29 is 9.47 Å². The Morgan fingerprint density at radius 3 is 2.95 bits per heavy atom. The number of anilines is 1. The van der Waals surface area contributed by atoms with Gasteiger partial charge in [-0.2, -0.15) is 4.98 Å². The molecule has 7 heteroatoms. The fourth-order valence-corrected chi connectivity index (χ4v) is 2.57. The predicted octanol–water partition coefficient (Wildman–Crippen LogP) is 1.32. The summed E-state index contributed by atoms with van der Waals surface area (Å²) in [4.78, 5) is 21.0. The minimum atomic E-state index is -0.190. The molecule has 0 radical (unpaired) electrons. The highest BCUT2D eigenvalue weighted by molar-refractivity contribution is 5.76. The lowest BCUT2D eigenvalue weighted by atomic mass is 10.1. The summed E-state index contributed by atoms with van der Waals surface area (Å²) in [6.07, 6.45) is 3.58. The Kier molecular flexibility index (Phi) is 4.24. The maximum absolute atomic E-state index is 12.2. The lowest BCUT2D eigenvalue weighted by molar-refractivity contribution is 0.0903.